The number of rotatable bonds is 5. The quantitative estimate of drug-likeness (QED) is 0.835. The minimum Gasteiger partial charge on any atom is -0.481 e. The lowest BCUT2D eigenvalue weighted by atomic mass is 10.2. The Hall–Kier alpha value is -2.56. The molecule has 0 saturated carbocycles. The largest absolute Gasteiger partial charge is 0.481 e. The predicted octanol–water partition coefficient (Wildman–Crippen LogP) is 3.33. The van der Waals surface area contributed by atoms with Crippen LogP contribution >= 0.6 is 0 Å². The molecule has 2 aromatic carbocycles. The molecule has 1 saturated heterocycles. The van der Waals surface area contributed by atoms with Gasteiger partial charge in [0.1, 0.15) is 11.6 Å². The molecule has 2 aromatic rings. The Kier molecular flexibility index (Phi) is 5.53. The Balaban J connectivity index is 1.57. The number of nitrogens with zero attached hydrogens (tertiary/aromatic N) is 2. The van der Waals surface area contributed by atoms with E-state index in [1.807, 2.05) is 30.0 Å². The second-order valence-corrected chi connectivity index (χ2v) is 6.12. The van der Waals surface area contributed by atoms with Crippen molar-refractivity contribution >= 4 is 11.6 Å². The molecule has 0 bridgehead atoms. The normalized spacial score (nSPS) is 15.8. The average Bonchev–Trinajstić information content (AvgIpc) is 2.68. The SMILES string of the molecule is CC[C@H](Oc1ccc(F)cc1)C(=O)N1CCN(c2ccccc2)CC1. The minimum absolute atomic E-state index is 0.000429. The molecule has 5 heteroatoms. The number of benzene rings is 2. The van der Waals surface area contributed by atoms with Gasteiger partial charge >= 0.3 is 0 Å². The Bertz CT molecular complexity index is 683. The third-order valence-electron chi connectivity index (χ3n) is 4.45. The zero-order chi connectivity index (χ0) is 17.6. The molecule has 0 spiro atoms. The van der Waals surface area contributed by atoms with Crippen LogP contribution < -0.4 is 9.64 Å². The van der Waals surface area contributed by atoms with Crippen LogP contribution in [-0.2, 0) is 4.79 Å². The zero-order valence-electron chi connectivity index (χ0n) is 14.4. The average molecular weight is 342 g/mol. The van der Waals surface area contributed by atoms with Crippen molar-refractivity contribution in [2.75, 3.05) is 31.1 Å². The maximum Gasteiger partial charge on any atom is 0.263 e. The summed E-state index contributed by atoms with van der Waals surface area (Å²) in [5, 5.41) is 0. The molecule has 132 valence electrons. The highest BCUT2D eigenvalue weighted by Crippen LogP contribution is 2.18. The summed E-state index contributed by atoms with van der Waals surface area (Å²) in [7, 11) is 0. The van der Waals surface area contributed by atoms with Gasteiger partial charge < -0.3 is 14.5 Å². The first kappa shape index (κ1) is 17.3. The molecule has 3 rings (SSSR count). The fraction of sp³-hybridized carbons (Fsp3) is 0.350. The standard InChI is InChI=1S/C20H23FN2O2/c1-2-19(25-18-10-8-16(21)9-11-18)20(24)23-14-12-22(13-15-23)17-6-4-3-5-7-17/h3-11,19H,2,12-15H2,1H3/t19-/m0/s1. The van der Waals surface area contributed by atoms with E-state index < -0.39 is 6.10 Å². The van der Waals surface area contributed by atoms with E-state index in [0.29, 0.717) is 25.3 Å². The molecule has 25 heavy (non-hydrogen) atoms. The van der Waals surface area contributed by atoms with Crippen LogP contribution in [0.25, 0.3) is 0 Å². The minimum atomic E-state index is -0.534. The maximum atomic E-state index is 13.0. The molecule has 1 heterocycles. The lowest BCUT2D eigenvalue weighted by Gasteiger charge is -2.37. The van der Waals surface area contributed by atoms with Crippen molar-refractivity contribution in [1.29, 1.82) is 0 Å². The van der Waals surface area contributed by atoms with Gasteiger partial charge in [-0.3, -0.25) is 4.79 Å². The van der Waals surface area contributed by atoms with Crippen molar-refractivity contribution in [3.63, 3.8) is 0 Å². The second kappa shape index (κ2) is 8.01. The van der Waals surface area contributed by atoms with E-state index in [0.717, 1.165) is 13.1 Å². The topological polar surface area (TPSA) is 32.8 Å². The van der Waals surface area contributed by atoms with E-state index in [-0.39, 0.29) is 11.7 Å². The van der Waals surface area contributed by atoms with E-state index in [2.05, 4.69) is 17.0 Å². The molecule has 1 aliphatic heterocycles. The molecule has 0 aromatic heterocycles. The number of piperazine rings is 1. The summed E-state index contributed by atoms with van der Waals surface area (Å²) < 4.78 is 18.8. The molecule has 1 atom stereocenters. The van der Waals surface area contributed by atoms with Crippen molar-refractivity contribution in [3.05, 3.63) is 60.4 Å². The first-order chi connectivity index (χ1) is 12.2. The van der Waals surface area contributed by atoms with Gasteiger partial charge in [-0.05, 0) is 42.8 Å². The van der Waals surface area contributed by atoms with Gasteiger partial charge in [-0.2, -0.15) is 0 Å². The van der Waals surface area contributed by atoms with Gasteiger partial charge in [0.15, 0.2) is 6.10 Å². The van der Waals surface area contributed by atoms with Crippen LogP contribution in [0.5, 0.6) is 5.75 Å². The van der Waals surface area contributed by atoms with Crippen LogP contribution in [0.1, 0.15) is 13.3 Å². The lowest BCUT2D eigenvalue weighted by Crippen LogP contribution is -2.52. The smallest absolute Gasteiger partial charge is 0.263 e. The van der Waals surface area contributed by atoms with Gasteiger partial charge in [-0.25, -0.2) is 4.39 Å². The molecule has 4 nitrogen and oxygen atoms in total. The van der Waals surface area contributed by atoms with Gasteiger partial charge in [0, 0.05) is 31.9 Å². The number of anilines is 1. The number of carbonyl (C=O) groups excluding carboxylic acids is 1. The molecule has 1 aliphatic rings. The van der Waals surface area contributed by atoms with E-state index in [1.54, 1.807) is 12.1 Å². The fourth-order valence-corrected chi connectivity index (χ4v) is 3.01. The maximum absolute atomic E-state index is 13.0. The molecule has 0 N–H and O–H groups in total. The Labute approximate surface area is 147 Å². The van der Waals surface area contributed by atoms with Crippen LogP contribution in [0.3, 0.4) is 0 Å². The van der Waals surface area contributed by atoms with Crippen LogP contribution in [0, 0.1) is 5.82 Å². The summed E-state index contributed by atoms with van der Waals surface area (Å²) in [6.07, 6.45) is 0.0449. The number of halogens is 1. The first-order valence-electron chi connectivity index (χ1n) is 8.68. The Morgan fingerprint density at radius 1 is 1.04 bits per heavy atom. The number of para-hydroxylation sites is 1. The summed E-state index contributed by atoms with van der Waals surface area (Å²) in [5.74, 6) is 0.202. The molecule has 1 fully saturated rings. The van der Waals surface area contributed by atoms with Crippen molar-refractivity contribution in [2.45, 2.75) is 19.4 Å². The molecule has 0 radical (unpaired) electrons. The highest BCUT2D eigenvalue weighted by Gasteiger charge is 2.27. The summed E-state index contributed by atoms with van der Waals surface area (Å²) in [4.78, 5) is 16.9. The van der Waals surface area contributed by atoms with Crippen LogP contribution in [0.15, 0.2) is 54.6 Å². The van der Waals surface area contributed by atoms with Crippen molar-refractivity contribution in [2.24, 2.45) is 0 Å². The van der Waals surface area contributed by atoms with Crippen molar-refractivity contribution in [1.82, 2.24) is 4.90 Å². The highest BCUT2D eigenvalue weighted by molar-refractivity contribution is 5.81. The van der Waals surface area contributed by atoms with Crippen molar-refractivity contribution < 1.29 is 13.9 Å². The van der Waals surface area contributed by atoms with E-state index in [4.69, 9.17) is 4.74 Å². The van der Waals surface area contributed by atoms with Gasteiger partial charge in [-0.15, -0.1) is 0 Å². The fourth-order valence-electron chi connectivity index (χ4n) is 3.01. The number of hydrogen-bond acceptors (Lipinski definition) is 3. The monoisotopic (exact) mass is 342 g/mol. The molecule has 0 unspecified atom stereocenters. The number of amides is 1. The molecule has 1 amide bonds. The molecular weight excluding hydrogens is 319 g/mol. The lowest BCUT2D eigenvalue weighted by molar-refractivity contribution is -0.139. The van der Waals surface area contributed by atoms with E-state index in [9.17, 15) is 9.18 Å². The predicted molar refractivity (Wildman–Crippen MR) is 96.3 cm³/mol. The van der Waals surface area contributed by atoms with E-state index in [1.165, 1.54) is 17.8 Å². The van der Waals surface area contributed by atoms with Gasteiger partial charge in [-0.1, -0.05) is 25.1 Å². The van der Waals surface area contributed by atoms with Gasteiger partial charge in [0.05, 0.1) is 0 Å². The molecular formula is C20H23FN2O2. The first-order valence-corrected chi connectivity index (χ1v) is 8.68. The zero-order valence-corrected chi connectivity index (χ0v) is 14.4. The number of ether oxygens (including phenoxy) is 1. The number of carbonyl (C=O) groups is 1. The molecule has 0 aliphatic carbocycles. The highest BCUT2D eigenvalue weighted by atomic mass is 19.1. The summed E-state index contributed by atoms with van der Waals surface area (Å²) in [5.41, 5.74) is 1.18. The summed E-state index contributed by atoms with van der Waals surface area (Å²) in [6, 6.07) is 16.0. The third-order valence-corrected chi connectivity index (χ3v) is 4.45. The Morgan fingerprint density at radius 2 is 1.68 bits per heavy atom. The van der Waals surface area contributed by atoms with Crippen LogP contribution in [-0.4, -0.2) is 43.1 Å². The summed E-state index contributed by atoms with van der Waals surface area (Å²) >= 11 is 0. The third kappa shape index (κ3) is 4.29. The van der Waals surface area contributed by atoms with Crippen LogP contribution in [0.4, 0.5) is 10.1 Å². The Morgan fingerprint density at radius 3 is 2.28 bits per heavy atom. The van der Waals surface area contributed by atoms with E-state index >= 15 is 0 Å². The summed E-state index contributed by atoms with van der Waals surface area (Å²) in [6.45, 7) is 4.89. The number of hydrogen-bond donors (Lipinski definition) is 0. The second-order valence-electron chi connectivity index (χ2n) is 6.12. The van der Waals surface area contributed by atoms with Crippen LogP contribution in [0.2, 0.25) is 0 Å². The van der Waals surface area contributed by atoms with Crippen molar-refractivity contribution in [3.8, 4) is 5.75 Å². The van der Waals surface area contributed by atoms with Gasteiger partial charge in [0.2, 0.25) is 0 Å². The van der Waals surface area contributed by atoms with Gasteiger partial charge in [0.25, 0.3) is 5.91 Å².